The zero-order valence-electron chi connectivity index (χ0n) is 17.4. The van der Waals surface area contributed by atoms with E-state index in [1.165, 1.54) is 31.5 Å². The van der Waals surface area contributed by atoms with Crippen LogP contribution in [0.15, 0.2) is 36.7 Å². The average molecular weight is 440 g/mol. The van der Waals surface area contributed by atoms with E-state index in [2.05, 4.69) is 20.6 Å². The van der Waals surface area contributed by atoms with Crippen molar-refractivity contribution in [1.82, 2.24) is 15.3 Å². The van der Waals surface area contributed by atoms with Crippen LogP contribution in [0.4, 0.5) is 20.2 Å². The highest BCUT2D eigenvalue weighted by Gasteiger charge is 2.36. The Morgan fingerprint density at radius 1 is 1.28 bits per heavy atom. The van der Waals surface area contributed by atoms with Crippen molar-refractivity contribution in [2.45, 2.75) is 24.9 Å². The molecular formula is C23H22F2N4O3. The third kappa shape index (κ3) is 3.48. The van der Waals surface area contributed by atoms with Gasteiger partial charge in [0, 0.05) is 36.5 Å². The maximum Gasteiger partial charge on any atom is 0.255 e. The molecule has 2 aliphatic rings. The van der Waals surface area contributed by atoms with E-state index in [0.717, 1.165) is 25.6 Å². The van der Waals surface area contributed by atoms with Gasteiger partial charge in [0.1, 0.15) is 0 Å². The number of carbonyl (C=O) groups is 1. The Bertz CT molecular complexity index is 1180. The number of anilines is 2. The second-order valence-corrected chi connectivity index (χ2v) is 7.89. The zero-order chi connectivity index (χ0) is 22.2. The van der Waals surface area contributed by atoms with E-state index in [4.69, 9.17) is 9.47 Å². The van der Waals surface area contributed by atoms with Crippen LogP contribution in [0.3, 0.4) is 0 Å². The molecule has 1 amide bonds. The molecular weight excluding hydrogens is 418 g/mol. The minimum atomic E-state index is -0.553. The standard InChI is InChI=1S/C23H22F2N4O3/c1-31-22-15(24)3-2-4-17(22)28-21-18-19(29-20(21)14-5-7-26-11-16(14)25)12(10-27-23(18)30)9-13-6-8-32-13/h2-5,7,11-13,28-29H,6,8-10H2,1H3,(H,27,30)/t12-,13+/m1/s1. The van der Waals surface area contributed by atoms with Gasteiger partial charge in [-0.05, 0) is 31.0 Å². The van der Waals surface area contributed by atoms with Gasteiger partial charge in [0.25, 0.3) is 5.91 Å². The molecule has 5 rings (SSSR count). The maximum atomic E-state index is 14.7. The number of H-pyrrole nitrogens is 1. The third-order valence-corrected chi connectivity index (χ3v) is 5.99. The quantitative estimate of drug-likeness (QED) is 0.537. The molecule has 0 aliphatic carbocycles. The minimum absolute atomic E-state index is 0.000707. The first kappa shape index (κ1) is 20.4. The number of carbonyl (C=O) groups excluding carboxylic acids is 1. The van der Waals surface area contributed by atoms with Crippen LogP contribution in [0.1, 0.15) is 34.8 Å². The number of fused-ring (bicyclic) bond motifs is 1. The van der Waals surface area contributed by atoms with E-state index in [-0.39, 0.29) is 29.2 Å². The van der Waals surface area contributed by atoms with E-state index < -0.39 is 11.6 Å². The lowest BCUT2D eigenvalue weighted by atomic mass is 9.89. The summed E-state index contributed by atoms with van der Waals surface area (Å²) >= 11 is 0. The highest BCUT2D eigenvalue weighted by molar-refractivity contribution is 6.06. The summed E-state index contributed by atoms with van der Waals surface area (Å²) in [6, 6.07) is 5.97. The molecule has 0 spiro atoms. The second-order valence-electron chi connectivity index (χ2n) is 7.89. The van der Waals surface area contributed by atoms with Crippen molar-refractivity contribution in [2.75, 3.05) is 25.6 Å². The first-order valence-electron chi connectivity index (χ1n) is 10.4. The molecule has 2 aromatic heterocycles. The fraction of sp³-hybridized carbons (Fsp3) is 0.304. The van der Waals surface area contributed by atoms with E-state index in [0.29, 0.717) is 34.9 Å². The van der Waals surface area contributed by atoms with Gasteiger partial charge in [0.15, 0.2) is 17.4 Å². The summed E-state index contributed by atoms with van der Waals surface area (Å²) in [5.41, 5.74) is 2.39. The van der Waals surface area contributed by atoms with Crippen LogP contribution in [-0.4, -0.2) is 42.2 Å². The van der Waals surface area contributed by atoms with Crippen LogP contribution in [-0.2, 0) is 4.74 Å². The van der Waals surface area contributed by atoms with E-state index in [9.17, 15) is 13.6 Å². The van der Waals surface area contributed by atoms with Crippen LogP contribution in [0, 0.1) is 11.6 Å². The summed E-state index contributed by atoms with van der Waals surface area (Å²) in [6.45, 7) is 1.19. The predicted octanol–water partition coefficient (Wildman–Crippen LogP) is 4.11. The number of pyridine rings is 1. The van der Waals surface area contributed by atoms with Gasteiger partial charge in [0.05, 0.1) is 42.0 Å². The van der Waals surface area contributed by atoms with Gasteiger partial charge < -0.3 is 25.1 Å². The molecule has 9 heteroatoms. The molecule has 4 heterocycles. The number of methoxy groups -OCH3 is 1. The van der Waals surface area contributed by atoms with E-state index in [1.807, 2.05) is 0 Å². The number of nitrogens with zero attached hydrogens (tertiary/aromatic N) is 1. The van der Waals surface area contributed by atoms with Gasteiger partial charge in [-0.1, -0.05) is 6.07 Å². The number of hydrogen-bond acceptors (Lipinski definition) is 5. The number of halogens is 2. The lowest BCUT2D eigenvalue weighted by Crippen LogP contribution is -2.38. The first-order chi connectivity index (χ1) is 15.6. The third-order valence-electron chi connectivity index (χ3n) is 5.99. The number of ether oxygens (including phenoxy) is 2. The topological polar surface area (TPSA) is 88.3 Å². The molecule has 1 saturated heterocycles. The van der Waals surface area contributed by atoms with Gasteiger partial charge in [-0.3, -0.25) is 9.78 Å². The number of aromatic nitrogens is 2. The Morgan fingerprint density at radius 3 is 2.84 bits per heavy atom. The van der Waals surface area contributed by atoms with Crippen molar-refractivity contribution in [3.05, 3.63) is 59.6 Å². The number of benzene rings is 1. The van der Waals surface area contributed by atoms with Crippen LogP contribution >= 0.6 is 0 Å². The summed E-state index contributed by atoms with van der Waals surface area (Å²) in [5.74, 6) is -1.41. The fourth-order valence-corrected chi connectivity index (χ4v) is 4.31. The molecule has 32 heavy (non-hydrogen) atoms. The van der Waals surface area contributed by atoms with Crippen molar-refractivity contribution in [3.63, 3.8) is 0 Å². The van der Waals surface area contributed by atoms with Crippen molar-refractivity contribution >= 4 is 17.3 Å². The molecule has 1 aromatic carbocycles. The number of amides is 1. The Balaban J connectivity index is 1.66. The monoisotopic (exact) mass is 440 g/mol. The normalized spacial score (nSPS) is 19.7. The summed E-state index contributed by atoms with van der Waals surface area (Å²) in [7, 11) is 1.36. The van der Waals surface area contributed by atoms with Crippen LogP contribution in [0.25, 0.3) is 11.3 Å². The summed E-state index contributed by atoms with van der Waals surface area (Å²) < 4.78 is 39.8. The van der Waals surface area contributed by atoms with Gasteiger partial charge in [-0.2, -0.15) is 0 Å². The molecule has 1 fully saturated rings. The molecule has 0 radical (unpaired) electrons. The molecule has 3 N–H and O–H groups in total. The van der Waals surface area contributed by atoms with Crippen molar-refractivity contribution in [1.29, 1.82) is 0 Å². The molecule has 0 unspecified atom stereocenters. The summed E-state index contributed by atoms with van der Waals surface area (Å²) in [4.78, 5) is 20.1. The summed E-state index contributed by atoms with van der Waals surface area (Å²) in [5, 5.41) is 6.05. The van der Waals surface area contributed by atoms with Gasteiger partial charge in [0.2, 0.25) is 0 Å². The fourth-order valence-electron chi connectivity index (χ4n) is 4.31. The second kappa shape index (κ2) is 8.23. The van der Waals surface area contributed by atoms with Crippen molar-refractivity contribution in [2.24, 2.45) is 0 Å². The van der Waals surface area contributed by atoms with Crippen LogP contribution in [0.5, 0.6) is 5.75 Å². The van der Waals surface area contributed by atoms with E-state index in [1.54, 1.807) is 6.07 Å². The minimum Gasteiger partial charge on any atom is -0.492 e. The molecule has 2 atom stereocenters. The highest BCUT2D eigenvalue weighted by Crippen LogP contribution is 2.43. The SMILES string of the molecule is COc1c(F)cccc1Nc1c(-c2ccncc2F)[nH]c2c1C(=O)NC[C@H]2C[C@@H]1CCO1. The Kier molecular flexibility index (Phi) is 5.26. The van der Waals surface area contributed by atoms with Gasteiger partial charge in [-0.15, -0.1) is 0 Å². The molecule has 166 valence electrons. The predicted molar refractivity (Wildman–Crippen MR) is 114 cm³/mol. The van der Waals surface area contributed by atoms with Gasteiger partial charge in [-0.25, -0.2) is 8.78 Å². The average Bonchev–Trinajstić information content (AvgIpc) is 3.12. The molecule has 0 saturated carbocycles. The van der Waals surface area contributed by atoms with E-state index >= 15 is 0 Å². The number of rotatable bonds is 6. The largest absolute Gasteiger partial charge is 0.492 e. The maximum absolute atomic E-state index is 14.7. The molecule has 2 aliphatic heterocycles. The lowest BCUT2D eigenvalue weighted by Gasteiger charge is -2.32. The summed E-state index contributed by atoms with van der Waals surface area (Å²) in [6.07, 6.45) is 4.42. The molecule has 7 nitrogen and oxygen atoms in total. The smallest absolute Gasteiger partial charge is 0.255 e. The number of aromatic amines is 1. The zero-order valence-corrected chi connectivity index (χ0v) is 17.4. The highest BCUT2D eigenvalue weighted by atomic mass is 19.1. The van der Waals surface area contributed by atoms with Crippen molar-refractivity contribution in [3.8, 4) is 17.0 Å². The molecule has 0 bridgehead atoms. The van der Waals surface area contributed by atoms with Crippen LogP contribution in [0.2, 0.25) is 0 Å². The lowest BCUT2D eigenvalue weighted by molar-refractivity contribution is -0.0582. The molecule has 3 aromatic rings. The van der Waals surface area contributed by atoms with Crippen LogP contribution < -0.4 is 15.4 Å². The van der Waals surface area contributed by atoms with Crippen molar-refractivity contribution < 1.29 is 23.0 Å². The number of hydrogen-bond donors (Lipinski definition) is 3. The number of nitrogens with one attached hydrogen (secondary N) is 3. The Morgan fingerprint density at radius 2 is 2.12 bits per heavy atom. The Labute approximate surface area is 183 Å². The first-order valence-corrected chi connectivity index (χ1v) is 10.4. The number of para-hydroxylation sites is 1. The Hall–Kier alpha value is -3.46. The van der Waals surface area contributed by atoms with Gasteiger partial charge >= 0.3 is 0 Å².